The number of fused-ring (bicyclic) bond motifs is 2. The number of Topliss-reactive ketones (excluding diaryl/α,β-unsaturated/α-hetero) is 1. The smallest absolute Gasteiger partial charge is 0.160 e. The van der Waals surface area contributed by atoms with Crippen molar-refractivity contribution in [2.24, 2.45) is 0 Å². The first-order valence-electron chi connectivity index (χ1n) is 6.09. The Hall–Kier alpha value is -2.15. The van der Waals surface area contributed by atoms with Gasteiger partial charge in [0, 0.05) is 5.56 Å². The van der Waals surface area contributed by atoms with E-state index in [0.717, 1.165) is 21.9 Å². The summed E-state index contributed by atoms with van der Waals surface area (Å²) in [6.07, 6.45) is 0. The second-order valence-electron chi connectivity index (χ2n) is 4.79. The zero-order valence-electron chi connectivity index (χ0n) is 10.5. The van der Waals surface area contributed by atoms with E-state index in [1.165, 1.54) is 10.8 Å². The molecule has 0 saturated heterocycles. The van der Waals surface area contributed by atoms with Gasteiger partial charge in [-0.25, -0.2) is 0 Å². The fraction of sp³-hybridized carbons (Fsp3) is 0.118. The molecule has 0 aliphatic carbocycles. The topological polar surface area (TPSA) is 17.1 Å². The van der Waals surface area contributed by atoms with E-state index in [0.29, 0.717) is 0 Å². The lowest BCUT2D eigenvalue weighted by molar-refractivity contribution is 0.101. The van der Waals surface area contributed by atoms with Gasteiger partial charge in [-0.1, -0.05) is 30.3 Å². The average molecular weight is 234 g/mol. The second kappa shape index (κ2) is 3.95. The largest absolute Gasteiger partial charge is 0.294 e. The van der Waals surface area contributed by atoms with Crippen LogP contribution in [0.25, 0.3) is 21.5 Å². The summed E-state index contributed by atoms with van der Waals surface area (Å²) in [6, 6.07) is 16.6. The van der Waals surface area contributed by atoms with E-state index in [1.807, 2.05) is 25.1 Å². The minimum Gasteiger partial charge on any atom is -0.294 e. The number of benzene rings is 3. The first-order valence-corrected chi connectivity index (χ1v) is 6.09. The van der Waals surface area contributed by atoms with Crippen molar-refractivity contribution in [1.82, 2.24) is 0 Å². The van der Waals surface area contributed by atoms with E-state index in [-0.39, 0.29) is 5.78 Å². The second-order valence-corrected chi connectivity index (χ2v) is 4.79. The van der Waals surface area contributed by atoms with Crippen LogP contribution in [-0.2, 0) is 0 Å². The molecule has 0 atom stereocenters. The van der Waals surface area contributed by atoms with Gasteiger partial charge in [0.2, 0.25) is 0 Å². The molecular weight excluding hydrogens is 220 g/mol. The highest BCUT2D eigenvalue weighted by Gasteiger charge is 2.07. The quantitative estimate of drug-likeness (QED) is 0.447. The molecule has 0 saturated carbocycles. The van der Waals surface area contributed by atoms with Gasteiger partial charge < -0.3 is 0 Å². The molecule has 1 nitrogen and oxygen atoms in total. The number of ketones is 1. The lowest BCUT2D eigenvalue weighted by Crippen LogP contribution is -1.95. The van der Waals surface area contributed by atoms with E-state index in [1.54, 1.807) is 6.92 Å². The number of carbonyl (C=O) groups excluding carboxylic acids is 1. The Morgan fingerprint density at radius 2 is 1.56 bits per heavy atom. The summed E-state index contributed by atoms with van der Waals surface area (Å²) in [5.41, 5.74) is 1.94. The molecule has 3 rings (SSSR count). The molecule has 0 radical (unpaired) electrons. The van der Waals surface area contributed by atoms with Gasteiger partial charge in [-0.15, -0.1) is 0 Å². The fourth-order valence-corrected chi connectivity index (χ4v) is 2.49. The van der Waals surface area contributed by atoms with Gasteiger partial charge in [0.15, 0.2) is 5.78 Å². The molecule has 0 fully saturated rings. The maximum absolute atomic E-state index is 11.7. The number of hydrogen-bond acceptors (Lipinski definition) is 1. The molecule has 0 bridgehead atoms. The first-order chi connectivity index (χ1) is 8.65. The van der Waals surface area contributed by atoms with Crippen LogP contribution in [0, 0.1) is 6.92 Å². The molecule has 3 aromatic rings. The Labute approximate surface area is 106 Å². The SMILES string of the molecule is CC(=O)c1cc(C)cc2cc3ccccc3cc12. The van der Waals surface area contributed by atoms with Gasteiger partial charge in [-0.2, -0.15) is 0 Å². The van der Waals surface area contributed by atoms with E-state index in [9.17, 15) is 4.79 Å². The summed E-state index contributed by atoms with van der Waals surface area (Å²) in [6.45, 7) is 3.66. The Kier molecular flexibility index (Phi) is 2.41. The zero-order chi connectivity index (χ0) is 12.7. The van der Waals surface area contributed by atoms with E-state index >= 15 is 0 Å². The summed E-state index contributed by atoms with van der Waals surface area (Å²) in [7, 11) is 0. The molecule has 0 spiro atoms. The normalized spacial score (nSPS) is 11.0. The standard InChI is InChI=1S/C17H14O/c1-11-7-15-9-13-5-3-4-6-14(13)10-17(15)16(8-11)12(2)18/h3-10H,1-2H3. The van der Waals surface area contributed by atoms with Crippen LogP contribution < -0.4 is 0 Å². The number of aryl methyl sites for hydroxylation is 1. The molecule has 0 N–H and O–H groups in total. The maximum Gasteiger partial charge on any atom is 0.160 e. The summed E-state index contributed by atoms with van der Waals surface area (Å²) in [5, 5.41) is 4.58. The minimum absolute atomic E-state index is 0.124. The van der Waals surface area contributed by atoms with Crippen molar-refractivity contribution in [3.05, 3.63) is 59.7 Å². The predicted molar refractivity (Wildman–Crippen MR) is 76.2 cm³/mol. The lowest BCUT2D eigenvalue weighted by Gasteiger charge is -2.08. The third-order valence-corrected chi connectivity index (χ3v) is 3.34. The highest BCUT2D eigenvalue weighted by molar-refractivity contribution is 6.10. The van der Waals surface area contributed by atoms with Crippen molar-refractivity contribution in [1.29, 1.82) is 0 Å². The highest BCUT2D eigenvalue weighted by atomic mass is 16.1. The van der Waals surface area contributed by atoms with Crippen LogP contribution in [-0.4, -0.2) is 5.78 Å². The van der Waals surface area contributed by atoms with Crippen molar-refractivity contribution in [3.8, 4) is 0 Å². The van der Waals surface area contributed by atoms with Crippen molar-refractivity contribution >= 4 is 27.3 Å². The van der Waals surface area contributed by atoms with Crippen LogP contribution in [0.15, 0.2) is 48.5 Å². The highest BCUT2D eigenvalue weighted by Crippen LogP contribution is 2.27. The molecule has 18 heavy (non-hydrogen) atoms. The van der Waals surface area contributed by atoms with E-state index in [4.69, 9.17) is 0 Å². The average Bonchev–Trinajstić information content (AvgIpc) is 2.35. The molecule has 0 unspecified atom stereocenters. The zero-order valence-corrected chi connectivity index (χ0v) is 10.5. The van der Waals surface area contributed by atoms with Crippen molar-refractivity contribution in [2.75, 3.05) is 0 Å². The summed E-state index contributed by atoms with van der Waals surface area (Å²) in [4.78, 5) is 11.7. The van der Waals surface area contributed by atoms with Crippen LogP contribution in [0.1, 0.15) is 22.8 Å². The molecule has 0 aromatic heterocycles. The predicted octanol–water partition coefficient (Wildman–Crippen LogP) is 4.50. The molecular formula is C17H14O. The molecule has 1 heteroatoms. The number of carbonyl (C=O) groups is 1. The third-order valence-electron chi connectivity index (χ3n) is 3.34. The van der Waals surface area contributed by atoms with E-state index < -0.39 is 0 Å². The van der Waals surface area contributed by atoms with Crippen LogP contribution in [0.4, 0.5) is 0 Å². The Balaban J connectivity index is 2.49. The van der Waals surface area contributed by atoms with Crippen molar-refractivity contribution in [3.63, 3.8) is 0 Å². The van der Waals surface area contributed by atoms with E-state index in [2.05, 4.69) is 30.3 Å². The number of hydrogen-bond donors (Lipinski definition) is 0. The summed E-state index contributed by atoms with van der Waals surface area (Å²) < 4.78 is 0. The van der Waals surface area contributed by atoms with Crippen molar-refractivity contribution < 1.29 is 4.79 Å². The summed E-state index contributed by atoms with van der Waals surface area (Å²) in [5.74, 6) is 0.124. The molecule has 3 aromatic carbocycles. The monoisotopic (exact) mass is 234 g/mol. The molecule has 0 heterocycles. The molecule has 0 aliphatic heterocycles. The van der Waals surface area contributed by atoms with Gasteiger partial charge in [0.05, 0.1) is 0 Å². The Morgan fingerprint density at radius 3 is 2.22 bits per heavy atom. The Bertz CT molecular complexity index is 769. The first kappa shape index (κ1) is 11.0. The maximum atomic E-state index is 11.7. The van der Waals surface area contributed by atoms with Gasteiger partial charge in [0.25, 0.3) is 0 Å². The van der Waals surface area contributed by atoms with Crippen molar-refractivity contribution in [2.45, 2.75) is 13.8 Å². The van der Waals surface area contributed by atoms with Crippen LogP contribution in [0.3, 0.4) is 0 Å². The van der Waals surface area contributed by atoms with Gasteiger partial charge in [-0.3, -0.25) is 4.79 Å². The molecule has 88 valence electrons. The number of rotatable bonds is 1. The van der Waals surface area contributed by atoms with Gasteiger partial charge >= 0.3 is 0 Å². The van der Waals surface area contributed by atoms with Gasteiger partial charge in [-0.05, 0) is 59.2 Å². The van der Waals surface area contributed by atoms with Crippen LogP contribution in [0.5, 0.6) is 0 Å². The molecule has 0 amide bonds. The lowest BCUT2D eigenvalue weighted by atomic mass is 9.96. The molecule has 0 aliphatic rings. The fourth-order valence-electron chi connectivity index (χ4n) is 2.49. The summed E-state index contributed by atoms with van der Waals surface area (Å²) >= 11 is 0. The van der Waals surface area contributed by atoms with Gasteiger partial charge in [0.1, 0.15) is 0 Å². The third kappa shape index (κ3) is 1.68. The Morgan fingerprint density at radius 1 is 0.889 bits per heavy atom. The minimum atomic E-state index is 0.124. The van der Waals surface area contributed by atoms with Crippen LogP contribution in [0.2, 0.25) is 0 Å². The van der Waals surface area contributed by atoms with Crippen LogP contribution >= 0.6 is 0 Å².